The topological polar surface area (TPSA) is 39.4 Å². The molecule has 96 valence electrons. The molecule has 0 amide bonds. The van der Waals surface area contributed by atoms with E-state index in [-0.39, 0.29) is 0 Å². The van der Waals surface area contributed by atoms with Crippen LogP contribution in [0.5, 0.6) is 5.75 Å². The van der Waals surface area contributed by atoms with E-state index in [0.717, 1.165) is 34.3 Å². The Balaban J connectivity index is 1.93. The molecule has 0 spiro atoms. The van der Waals surface area contributed by atoms with Crippen LogP contribution in [0.4, 0.5) is 0 Å². The van der Waals surface area contributed by atoms with Crippen molar-refractivity contribution in [3.05, 3.63) is 34.5 Å². The summed E-state index contributed by atoms with van der Waals surface area (Å²) in [5, 5.41) is 5.77. The minimum absolute atomic E-state index is 0.880. The normalized spacial score (nSPS) is 12.7. The number of imidazole rings is 1. The molecule has 1 aliphatic rings. The molecule has 0 saturated heterocycles. The lowest BCUT2D eigenvalue weighted by molar-refractivity contribution is 0.415. The molecule has 0 fully saturated rings. The van der Waals surface area contributed by atoms with Crippen molar-refractivity contribution in [1.82, 2.24) is 14.6 Å². The molecule has 1 aliphatic carbocycles. The molecule has 0 bridgehead atoms. The van der Waals surface area contributed by atoms with Gasteiger partial charge in [0.25, 0.3) is 0 Å². The highest BCUT2D eigenvalue weighted by Crippen LogP contribution is 2.39. The average Bonchev–Trinajstić information content (AvgIpc) is 3.06. The molecule has 2 aromatic heterocycles. The maximum atomic E-state index is 5.30. The van der Waals surface area contributed by atoms with Gasteiger partial charge in [0.1, 0.15) is 10.8 Å². The van der Waals surface area contributed by atoms with Crippen molar-refractivity contribution in [2.24, 2.45) is 0 Å². The van der Waals surface area contributed by atoms with Gasteiger partial charge in [-0.3, -0.25) is 0 Å². The number of methoxy groups -OCH3 is 1. The van der Waals surface area contributed by atoms with Crippen LogP contribution >= 0.6 is 11.3 Å². The molecular weight excluding hydrogens is 258 g/mol. The van der Waals surface area contributed by atoms with Crippen LogP contribution in [0, 0.1) is 0 Å². The van der Waals surface area contributed by atoms with Gasteiger partial charge >= 0.3 is 0 Å². The largest absolute Gasteiger partial charge is 0.497 e. The van der Waals surface area contributed by atoms with Gasteiger partial charge in [-0.25, -0.2) is 9.50 Å². The quantitative estimate of drug-likeness (QED) is 0.562. The molecule has 3 aromatic rings. The summed E-state index contributed by atoms with van der Waals surface area (Å²) >= 11 is 1.68. The third-order valence-corrected chi connectivity index (χ3v) is 4.62. The first-order valence-corrected chi connectivity index (χ1v) is 7.16. The highest BCUT2D eigenvalue weighted by atomic mass is 32.1. The minimum Gasteiger partial charge on any atom is -0.497 e. The van der Waals surface area contributed by atoms with Gasteiger partial charge in [0.15, 0.2) is 0 Å². The smallest absolute Gasteiger partial charge is 0.212 e. The minimum atomic E-state index is 0.880. The fraction of sp³-hybridized carbons (Fsp3) is 0.286. The Morgan fingerprint density at radius 3 is 3.11 bits per heavy atom. The molecule has 4 rings (SSSR count). The second-order valence-electron chi connectivity index (χ2n) is 4.65. The maximum absolute atomic E-state index is 5.30. The molecule has 4 nitrogen and oxygen atoms in total. The van der Waals surface area contributed by atoms with Crippen LogP contribution in [0.2, 0.25) is 0 Å². The number of fused-ring (bicyclic) bond motifs is 5. The third-order valence-electron chi connectivity index (χ3n) is 3.57. The van der Waals surface area contributed by atoms with Gasteiger partial charge < -0.3 is 4.74 Å². The predicted molar refractivity (Wildman–Crippen MR) is 75.0 cm³/mol. The number of hydrogen-bond acceptors (Lipinski definition) is 4. The lowest BCUT2D eigenvalue weighted by atomic mass is 10.1. The fourth-order valence-electron chi connectivity index (χ4n) is 2.58. The Morgan fingerprint density at radius 2 is 2.32 bits per heavy atom. The molecule has 0 N–H and O–H groups in total. The molecule has 0 unspecified atom stereocenters. The number of rotatable bonds is 2. The van der Waals surface area contributed by atoms with E-state index in [1.807, 2.05) is 10.6 Å². The Labute approximate surface area is 114 Å². The highest BCUT2D eigenvalue weighted by molar-refractivity contribution is 7.16. The molecule has 0 aliphatic heterocycles. The fourth-order valence-corrected chi connectivity index (χ4v) is 3.44. The Bertz CT molecular complexity index is 787. The van der Waals surface area contributed by atoms with E-state index >= 15 is 0 Å². The molecule has 0 atom stereocenters. The van der Waals surface area contributed by atoms with E-state index in [1.54, 1.807) is 18.4 Å². The summed E-state index contributed by atoms with van der Waals surface area (Å²) in [5.41, 5.74) is 4.76. The molecule has 19 heavy (non-hydrogen) atoms. The first-order chi connectivity index (χ1) is 9.30. The summed E-state index contributed by atoms with van der Waals surface area (Å²) in [7, 11) is 1.69. The summed E-state index contributed by atoms with van der Waals surface area (Å²) < 4.78 is 7.30. The van der Waals surface area contributed by atoms with Crippen molar-refractivity contribution < 1.29 is 4.74 Å². The monoisotopic (exact) mass is 271 g/mol. The van der Waals surface area contributed by atoms with Crippen LogP contribution in [-0.2, 0) is 12.8 Å². The van der Waals surface area contributed by atoms with E-state index in [9.17, 15) is 0 Å². The van der Waals surface area contributed by atoms with Gasteiger partial charge in [-0.15, -0.1) is 0 Å². The number of benzene rings is 1. The standard InChI is InChI=1S/C14H13N3OS/c1-3-12-16-17-11-6-8-4-5-9(18-2)7-10(8)13(11)15-14(17)19-12/h4-5,7H,3,6H2,1-2H3. The van der Waals surface area contributed by atoms with Gasteiger partial charge in [-0.1, -0.05) is 24.3 Å². The lowest BCUT2D eigenvalue weighted by Gasteiger charge is -2.02. The van der Waals surface area contributed by atoms with Gasteiger partial charge in [-0.2, -0.15) is 5.10 Å². The number of aromatic nitrogens is 3. The van der Waals surface area contributed by atoms with Crippen LogP contribution in [0.1, 0.15) is 23.2 Å². The molecule has 0 radical (unpaired) electrons. The van der Waals surface area contributed by atoms with E-state index in [1.165, 1.54) is 16.8 Å². The van der Waals surface area contributed by atoms with Gasteiger partial charge in [0, 0.05) is 12.0 Å². The first kappa shape index (κ1) is 11.0. The van der Waals surface area contributed by atoms with Crippen molar-refractivity contribution in [2.75, 3.05) is 7.11 Å². The predicted octanol–water partition coefficient (Wildman–Crippen LogP) is 2.93. The van der Waals surface area contributed by atoms with Crippen LogP contribution in [0.25, 0.3) is 16.2 Å². The van der Waals surface area contributed by atoms with Crippen LogP contribution in [0.15, 0.2) is 18.2 Å². The highest BCUT2D eigenvalue weighted by Gasteiger charge is 2.26. The number of ether oxygens (including phenoxy) is 1. The zero-order valence-electron chi connectivity index (χ0n) is 10.8. The van der Waals surface area contributed by atoms with Crippen LogP contribution < -0.4 is 4.74 Å². The Hall–Kier alpha value is -1.88. The first-order valence-electron chi connectivity index (χ1n) is 6.34. The van der Waals surface area contributed by atoms with Crippen molar-refractivity contribution in [1.29, 1.82) is 0 Å². The second-order valence-corrected chi connectivity index (χ2v) is 5.69. The van der Waals surface area contributed by atoms with Crippen molar-refractivity contribution in [3.63, 3.8) is 0 Å². The molecule has 0 saturated carbocycles. The van der Waals surface area contributed by atoms with Crippen LogP contribution in [0.3, 0.4) is 0 Å². The summed E-state index contributed by atoms with van der Waals surface area (Å²) in [6, 6.07) is 6.19. The van der Waals surface area contributed by atoms with E-state index in [2.05, 4.69) is 24.2 Å². The molecule has 2 heterocycles. The third kappa shape index (κ3) is 1.45. The molecular formula is C14H13N3OS. The lowest BCUT2D eigenvalue weighted by Crippen LogP contribution is -1.92. The maximum Gasteiger partial charge on any atom is 0.212 e. The average molecular weight is 271 g/mol. The zero-order chi connectivity index (χ0) is 13.0. The summed E-state index contributed by atoms with van der Waals surface area (Å²) in [6.07, 6.45) is 1.87. The Morgan fingerprint density at radius 1 is 1.42 bits per heavy atom. The van der Waals surface area contributed by atoms with Crippen molar-refractivity contribution >= 4 is 16.3 Å². The van der Waals surface area contributed by atoms with Crippen molar-refractivity contribution in [2.45, 2.75) is 19.8 Å². The van der Waals surface area contributed by atoms with Gasteiger partial charge in [-0.05, 0) is 24.1 Å². The Kier molecular flexibility index (Phi) is 2.20. The summed E-state index contributed by atoms with van der Waals surface area (Å²) in [5.74, 6) is 0.880. The zero-order valence-corrected chi connectivity index (χ0v) is 11.6. The summed E-state index contributed by atoms with van der Waals surface area (Å²) in [4.78, 5) is 5.74. The SMILES string of the molecule is CCc1nn2c3c(nc2s1)-c1cc(OC)ccc1C3. The molecule has 5 heteroatoms. The molecule has 1 aromatic carbocycles. The van der Waals surface area contributed by atoms with Crippen LogP contribution in [-0.4, -0.2) is 21.7 Å². The number of nitrogens with zero attached hydrogens (tertiary/aromatic N) is 3. The number of hydrogen-bond donors (Lipinski definition) is 0. The van der Waals surface area contributed by atoms with E-state index in [0.29, 0.717) is 0 Å². The van der Waals surface area contributed by atoms with E-state index in [4.69, 9.17) is 9.72 Å². The summed E-state index contributed by atoms with van der Waals surface area (Å²) in [6.45, 7) is 2.12. The second kappa shape index (κ2) is 3.81. The van der Waals surface area contributed by atoms with Gasteiger partial charge in [0.2, 0.25) is 4.96 Å². The van der Waals surface area contributed by atoms with Gasteiger partial charge in [0.05, 0.1) is 18.5 Å². The van der Waals surface area contributed by atoms with Crippen molar-refractivity contribution in [3.8, 4) is 17.0 Å². The van der Waals surface area contributed by atoms with E-state index < -0.39 is 0 Å². The number of aryl methyl sites for hydroxylation is 1.